The molecule has 0 atom stereocenters. The molecule has 0 saturated carbocycles. The summed E-state index contributed by atoms with van der Waals surface area (Å²) in [7, 11) is 0. The third-order valence-corrected chi connectivity index (χ3v) is 3.59. The van der Waals surface area contributed by atoms with Crippen LogP contribution in [0, 0.1) is 0 Å². The molecule has 6 heteroatoms. The van der Waals surface area contributed by atoms with E-state index in [9.17, 15) is 4.79 Å². The van der Waals surface area contributed by atoms with Gasteiger partial charge in [-0.1, -0.05) is 35.9 Å². The third kappa shape index (κ3) is 3.35. The fourth-order valence-corrected chi connectivity index (χ4v) is 2.25. The van der Waals surface area contributed by atoms with Crippen LogP contribution in [0.15, 0.2) is 59.8 Å². The molecule has 1 N–H and O–H groups in total. The highest BCUT2D eigenvalue weighted by molar-refractivity contribution is 6.33. The second-order valence-corrected chi connectivity index (χ2v) is 5.27. The molecule has 0 spiro atoms. The molecule has 3 aromatic rings. The lowest BCUT2D eigenvalue weighted by molar-refractivity contribution is 0.0955. The molecule has 0 aliphatic heterocycles. The van der Waals surface area contributed by atoms with Crippen LogP contribution < -0.4 is 5.43 Å². The summed E-state index contributed by atoms with van der Waals surface area (Å²) >= 11 is 5.99. The Kier molecular flexibility index (Phi) is 4.30. The summed E-state index contributed by atoms with van der Waals surface area (Å²) in [5.74, 6) is -0.372. The van der Waals surface area contributed by atoms with Gasteiger partial charge in [0.15, 0.2) is 0 Å². The van der Waals surface area contributed by atoms with Crippen molar-refractivity contribution in [1.82, 2.24) is 15.4 Å². The van der Waals surface area contributed by atoms with E-state index in [0.29, 0.717) is 22.0 Å². The molecule has 0 fully saturated rings. The van der Waals surface area contributed by atoms with Crippen LogP contribution in [-0.2, 0) is 0 Å². The minimum Gasteiger partial charge on any atom is -0.267 e. The first-order valence-electron chi connectivity index (χ1n) is 6.96. The number of benzene rings is 2. The van der Waals surface area contributed by atoms with E-state index in [4.69, 9.17) is 11.6 Å². The standard InChI is InChI=1S/C17H13ClN4O/c1-11(16-10-19-14-8-4-5-9-15(14)20-16)21-22-17(23)12-6-2-3-7-13(12)18/h2-10H,1H3,(H,22,23)/b21-11+. The van der Waals surface area contributed by atoms with Crippen molar-refractivity contribution in [2.24, 2.45) is 5.10 Å². The summed E-state index contributed by atoms with van der Waals surface area (Å²) < 4.78 is 0. The van der Waals surface area contributed by atoms with E-state index in [1.807, 2.05) is 24.3 Å². The molecule has 0 aliphatic carbocycles. The number of carbonyl (C=O) groups is 1. The van der Waals surface area contributed by atoms with E-state index < -0.39 is 0 Å². The van der Waals surface area contributed by atoms with Gasteiger partial charge in [-0.2, -0.15) is 5.10 Å². The average molecular weight is 325 g/mol. The topological polar surface area (TPSA) is 67.2 Å². The zero-order valence-corrected chi connectivity index (χ0v) is 13.1. The molecule has 1 amide bonds. The lowest BCUT2D eigenvalue weighted by atomic mass is 10.2. The lowest BCUT2D eigenvalue weighted by Crippen LogP contribution is -2.20. The molecule has 0 unspecified atom stereocenters. The number of hydrazone groups is 1. The highest BCUT2D eigenvalue weighted by Crippen LogP contribution is 2.14. The molecule has 23 heavy (non-hydrogen) atoms. The zero-order chi connectivity index (χ0) is 16.2. The molecule has 114 valence electrons. The van der Waals surface area contributed by atoms with Gasteiger partial charge in [-0.3, -0.25) is 9.78 Å². The third-order valence-electron chi connectivity index (χ3n) is 3.26. The number of nitrogens with zero attached hydrogens (tertiary/aromatic N) is 3. The van der Waals surface area contributed by atoms with E-state index >= 15 is 0 Å². The number of hydrogen-bond donors (Lipinski definition) is 1. The minimum atomic E-state index is -0.372. The number of fused-ring (bicyclic) bond motifs is 1. The Bertz CT molecular complexity index is 908. The number of carbonyl (C=O) groups excluding carboxylic acids is 1. The van der Waals surface area contributed by atoms with Gasteiger partial charge in [0.05, 0.1) is 33.5 Å². The number of para-hydroxylation sites is 2. The summed E-state index contributed by atoms with van der Waals surface area (Å²) in [6, 6.07) is 14.4. The SMILES string of the molecule is C/C(=N\NC(=O)c1ccccc1Cl)c1cnc2ccccc2n1. The molecule has 0 radical (unpaired) electrons. The molecule has 0 aliphatic rings. The normalized spacial score (nSPS) is 11.5. The van der Waals surface area contributed by atoms with Crippen LogP contribution >= 0.6 is 11.6 Å². The van der Waals surface area contributed by atoms with Crippen LogP contribution in [0.4, 0.5) is 0 Å². The van der Waals surface area contributed by atoms with Crippen molar-refractivity contribution >= 4 is 34.3 Å². The van der Waals surface area contributed by atoms with E-state index in [-0.39, 0.29) is 5.91 Å². The monoisotopic (exact) mass is 324 g/mol. The van der Waals surface area contributed by atoms with Crippen molar-refractivity contribution in [3.8, 4) is 0 Å². The van der Waals surface area contributed by atoms with E-state index in [2.05, 4.69) is 20.5 Å². The van der Waals surface area contributed by atoms with Crippen molar-refractivity contribution in [2.75, 3.05) is 0 Å². The van der Waals surface area contributed by atoms with Crippen LogP contribution in [0.5, 0.6) is 0 Å². The molecule has 0 saturated heterocycles. The van der Waals surface area contributed by atoms with Gasteiger partial charge in [-0.05, 0) is 31.2 Å². The Morgan fingerprint density at radius 1 is 1.09 bits per heavy atom. The Morgan fingerprint density at radius 2 is 1.78 bits per heavy atom. The smallest absolute Gasteiger partial charge is 0.267 e. The predicted molar refractivity (Wildman–Crippen MR) is 90.7 cm³/mol. The van der Waals surface area contributed by atoms with Crippen molar-refractivity contribution < 1.29 is 4.79 Å². The number of nitrogens with one attached hydrogen (secondary N) is 1. The maximum Gasteiger partial charge on any atom is 0.272 e. The quantitative estimate of drug-likeness (QED) is 0.593. The summed E-state index contributed by atoms with van der Waals surface area (Å²) in [5.41, 5.74) is 5.60. The van der Waals surface area contributed by atoms with Crippen molar-refractivity contribution in [2.45, 2.75) is 6.92 Å². The Hall–Kier alpha value is -2.79. The van der Waals surface area contributed by atoms with Gasteiger partial charge in [-0.15, -0.1) is 0 Å². The first-order valence-corrected chi connectivity index (χ1v) is 7.34. The van der Waals surface area contributed by atoms with Gasteiger partial charge in [0.2, 0.25) is 0 Å². The van der Waals surface area contributed by atoms with Crippen LogP contribution in [-0.4, -0.2) is 21.6 Å². The maximum atomic E-state index is 12.1. The number of halogens is 1. The Balaban J connectivity index is 1.81. The highest BCUT2D eigenvalue weighted by Gasteiger charge is 2.09. The van der Waals surface area contributed by atoms with E-state index in [1.165, 1.54) is 0 Å². The predicted octanol–water partition coefficient (Wildman–Crippen LogP) is 3.44. The minimum absolute atomic E-state index is 0.371. The number of hydrogen-bond acceptors (Lipinski definition) is 4. The summed E-state index contributed by atoms with van der Waals surface area (Å²) in [6.07, 6.45) is 1.63. The molecule has 0 bridgehead atoms. The highest BCUT2D eigenvalue weighted by atomic mass is 35.5. The summed E-state index contributed by atoms with van der Waals surface area (Å²) in [6.45, 7) is 1.76. The molecule has 2 aromatic carbocycles. The lowest BCUT2D eigenvalue weighted by Gasteiger charge is -2.04. The van der Waals surface area contributed by atoms with Gasteiger partial charge < -0.3 is 0 Å². The van der Waals surface area contributed by atoms with E-state index in [0.717, 1.165) is 11.0 Å². The Morgan fingerprint density at radius 3 is 2.57 bits per heavy atom. The van der Waals surface area contributed by atoms with Crippen molar-refractivity contribution in [3.63, 3.8) is 0 Å². The van der Waals surface area contributed by atoms with Gasteiger partial charge >= 0.3 is 0 Å². The summed E-state index contributed by atoms with van der Waals surface area (Å²) in [5, 5.41) is 4.45. The first-order chi connectivity index (χ1) is 11.1. The fourth-order valence-electron chi connectivity index (χ4n) is 2.03. The molecule has 3 rings (SSSR count). The molecule has 1 aromatic heterocycles. The number of rotatable bonds is 3. The second kappa shape index (κ2) is 6.54. The maximum absolute atomic E-state index is 12.1. The van der Waals surface area contributed by atoms with E-state index in [1.54, 1.807) is 37.4 Å². The Labute approximate surface area is 138 Å². The number of amides is 1. The zero-order valence-electron chi connectivity index (χ0n) is 12.3. The van der Waals surface area contributed by atoms with Gasteiger partial charge in [0, 0.05) is 0 Å². The van der Waals surface area contributed by atoms with Crippen LogP contribution in [0.1, 0.15) is 23.0 Å². The number of aromatic nitrogens is 2. The van der Waals surface area contributed by atoms with Gasteiger partial charge in [-0.25, -0.2) is 10.4 Å². The average Bonchev–Trinajstić information content (AvgIpc) is 2.59. The molecule has 1 heterocycles. The van der Waals surface area contributed by atoms with Crippen LogP contribution in [0.25, 0.3) is 11.0 Å². The molecular formula is C17H13ClN4O. The summed E-state index contributed by atoms with van der Waals surface area (Å²) in [4.78, 5) is 20.9. The second-order valence-electron chi connectivity index (χ2n) is 4.86. The van der Waals surface area contributed by atoms with Crippen molar-refractivity contribution in [1.29, 1.82) is 0 Å². The van der Waals surface area contributed by atoms with Gasteiger partial charge in [0.1, 0.15) is 5.69 Å². The fraction of sp³-hybridized carbons (Fsp3) is 0.0588. The molecule has 5 nitrogen and oxygen atoms in total. The van der Waals surface area contributed by atoms with Crippen molar-refractivity contribution in [3.05, 3.63) is 71.0 Å². The van der Waals surface area contributed by atoms with Gasteiger partial charge in [0.25, 0.3) is 5.91 Å². The van der Waals surface area contributed by atoms with Crippen LogP contribution in [0.3, 0.4) is 0 Å². The largest absolute Gasteiger partial charge is 0.272 e. The van der Waals surface area contributed by atoms with Crippen LogP contribution in [0.2, 0.25) is 5.02 Å². The first kappa shape index (κ1) is 15.1. The molecular weight excluding hydrogens is 312 g/mol.